The van der Waals surface area contributed by atoms with E-state index in [1.807, 2.05) is 24.3 Å². The van der Waals surface area contributed by atoms with E-state index in [4.69, 9.17) is 17.0 Å². The third-order valence-electron chi connectivity index (χ3n) is 1.88. The van der Waals surface area contributed by atoms with Crippen molar-refractivity contribution in [1.82, 2.24) is 15.0 Å². The lowest BCUT2D eigenvalue weighted by Crippen LogP contribution is -1.96. The smallest absolute Gasteiger partial charge is 0.147 e. The molecular formula is C9H9N3OS. The topological polar surface area (TPSA) is 42.8 Å². The summed E-state index contributed by atoms with van der Waals surface area (Å²) in [7, 11) is 1.64. The summed E-state index contributed by atoms with van der Waals surface area (Å²) in [6, 6.07) is 7.56. The van der Waals surface area contributed by atoms with Gasteiger partial charge in [-0.15, -0.1) is 0 Å². The number of benzene rings is 1. The molecule has 0 unspecified atom stereocenters. The minimum atomic E-state index is 0.648. The molecule has 0 spiro atoms. The number of rotatable bonds is 2. The molecule has 1 aromatic carbocycles. The fourth-order valence-electron chi connectivity index (χ4n) is 1.17. The first-order chi connectivity index (χ1) is 6.81. The summed E-state index contributed by atoms with van der Waals surface area (Å²) in [6.07, 6.45) is 1.60. The van der Waals surface area contributed by atoms with Crippen LogP contribution in [0.1, 0.15) is 0 Å². The first-order valence-corrected chi connectivity index (χ1v) is 4.49. The Morgan fingerprint density at radius 1 is 1.36 bits per heavy atom. The molecule has 14 heavy (non-hydrogen) atoms. The zero-order valence-electron chi connectivity index (χ0n) is 7.60. The van der Waals surface area contributed by atoms with Gasteiger partial charge in [0.05, 0.1) is 19.0 Å². The largest absolute Gasteiger partial charge is 0.497 e. The van der Waals surface area contributed by atoms with Crippen LogP contribution in [-0.4, -0.2) is 22.1 Å². The molecule has 0 saturated carbocycles. The van der Waals surface area contributed by atoms with E-state index < -0.39 is 0 Å². The Hall–Kier alpha value is -1.62. The van der Waals surface area contributed by atoms with Crippen molar-refractivity contribution >= 4 is 12.2 Å². The molecule has 72 valence electrons. The van der Waals surface area contributed by atoms with E-state index in [2.05, 4.69) is 10.3 Å². The number of hydrogen-bond donors (Lipinski definition) is 1. The van der Waals surface area contributed by atoms with Gasteiger partial charge in [0.1, 0.15) is 10.4 Å². The molecule has 0 aliphatic rings. The quantitative estimate of drug-likeness (QED) is 0.765. The third kappa shape index (κ3) is 1.54. The highest BCUT2D eigenvalue weighted by Gasteiger charge is 1.97. The van der Waals surface area contributed by atoms with Gasteiger partial charge in [-0.3, -0.25) is 0 Å². The first-order valence-electron chi connectivity index (χ1n) is 4.08. The molecule has 0 saturated heterocycles. The number of hydrogen-bond acceptors (Lipinski definition) is 3. The van der Waals surface area contributed by atoms with Crippen molar-refractivity contribution in [3.63, 3.8) is 0 Å². The van der Waals surface area contributed by atoms with Crippen molar-refractivity contribution in [2.75, 3.05) is 7.11 Å². The van der Waals surface area contributed by atoms with Crippen molar-refractivity contribution < 1.29 is 4.74 Å². The molecule has 4 nitrogen and oxygen atoms in total. The minimum absolute atomic E-state index is 0.648. The molecule has 0 aliphatic heterocycles. The second kappa shape index (κ2) is 3.63. The Balaban J connectivity index is 2.44. The van der Waals surface area contributed by atoms with Gasteiger partial charge in [-0.05, 0) is 24.3 Å². The Bertz CT molecular complexity index is 471. The van der Waals surface area contributed by atoms with Crippen molar-refractivity contribution in [2.45, 2.75) is 0 Å². The van der Waals surface area contributed by atoms with E-state index in [-0.39, 0.29) is 0 Å². The summed E-state index contributed by atoms with van der Waals surface area (Å²) < 4.78 is 7.42. The molecule has 0 atom stereocenters. The Morgan fingerprint density at radius 2 is 2.07 bits per heavy atom. The first kappa shape index (κ1) is 8.96. The number of nitrogens with zero attached hydrogens (tertiary/aromatic N) is 2. The van der Waals surface area contributed by atoms with Crippen molar-refractivity contribution in [3.8, 4) is 11.4 Å². The van der Waals surface area contributed by atoms with Crippen LogP contribution in [-0.2, 0) is 0 Å². The summed E-state index contributed by atoms with van der Waals surface area (Å²) in [4.78, 5) is 0. The van der Waals surface area contributed by atoms with Gasteiger partial charge >= 0.3 is 0 Å². The molecule has 1 heterocycles. The Labute approximate surface area is 86.1 Å². The van der Waals surface area contributed by atoms with E-state index in [0.29, 0.717) is 4.64 Å². The Kier molecular flexibility index (Phi) is 2.32. The summed E-state index contributed by atoms with van der Waals surface area (Å²) in [5.74, 6) is 0.819. The fourth-order valence-corrected chi connectivity index (χ4v) is 1.36. The molecule has 1 N–H and O–H groups in total. The number of methoxy groups -OCH3 is 1. The maximum Gasteiger partial charge on any atom is 0.147 e. The second-order valence-electron chi connectivity index (χ2n) is 2.73. The van der Waals surface area contributed by atoms with Gasteiger partial charge in [-0.2, -0.15) is 5.10 Å². The lowest BCUT2D eigenvalue weighted by Gasteiger charge is -2.03. The zero-order valence-corrected chi connectivity index (χ0v) is 8.41. The van der Waals surface area contributed by atoms with Crippen molar-refractivity contribution in [1.29, 1.82) is 0 Å². The number of aromatic amines is 1. The van der Waals surface area contributed by atoms with Gasteiger partial charge in [0, 0.05) is 0 Å². The van der Waals surface area contributed by atoms with Gasteiger partial charge in [-0.1, -0.05) is 12.2 Å². The lowest BCUT2D eigenvalue weighted by molar-refractivity contribution is 0.414. The molecular weight excluding hydrogens is 198 g/mol. The van der Waals surface area contributed by atoms with Crippen LogP contribution in [0.3, 0.4) is 0 Å². The van der Waals surface area contributed by atoms with Crippen LogP contribution in [0.25, 0.3) is 5.69 Å². The standard InChI is InChI=1S/C9H9N3OS/c1-13-8-4-2-7(3-5-8)12-9(14)6-10-11-12/h2-6,11H,1H3. The summed E-state index contributed by atoms with van der Waals surface area (Å²) in [5, 5.41) is 6.62. The Morgan fingerprint density at radius 3 is 2.57 bits per heavy atom. The van der Waals surface area contributed by atoms with Crippen LogP contribution in [0.4, 0.5) is 0 Å². The van der Waals surface area contributed by atoms with Crippen LogP contribution in [0.15, 0.2) is 30.5 Å². The fraction of sp³-hybridized carbons (Fsp3) is 0.111. The lowest BCUT2D eigenvalue weighted by atomic mass is 10.3. The van der Waals surface area contributed by atoms with E-state index in [1.54, 1.807) is 18.0 Å². The predicted molar refractivity (Wildman–Crippen MR) is 55.3 cm³/mol. The summed E-state index contributed by atoms with van der Waals surface area (Å²) in [6.45, 7) is 0. The average molecular weight is 207 g/mol. The summed E-state index contributed by atoms with van der Waals surface area (Å²) in [5.41, 5.74) is 0.938. The van der Waals surface area contributed by atoms with Crippen LogP contribution in [0.5, 0.6) is 5.75 Å². The molecule has 2 rings (SSSR count). The van der Waals surface area contributed by atoms with E-state index in [9.17, 15) is 0 Å². The highest BCUT2D eigenvalue weighted by Crippen LogP contribution is 2.13. The molecule has 5 heteroatoms. The zero-order chi connectivity index (χ0) is 9.97. The third-order valence-corrected chi connectivity index (χ3v) is 2.17. The molecule has 0 amide bonds. The van der Waals surface area contributed by atoms with Crippen LogP contribution >= 0.6 is 12.2 Å². The molecule has 1 aromatic heterocycles. The van der Waals surface area contributed by atoms with Crippen LogP contribution in [0, 0.1) is 4.64 Å². The normalized spacial score (nSPS) is 10.1. The van der Waals surface area contributed by atoms with Gasteiger partial charge in [0.25, 0.3) is 0 Å². The predicted octanol–water partition coefficient (Wildman–Crippen LogP) is 1.94. The van der Waals surface area contributed by atoms with E-state index in [0.717, 1.165) is 11.4 Å². The van der Waals surface area contributed by atoms with Gasteiger partial charge in [0.2, 0.25) is 0 Å². The van der Waals surface area contributed by atoms with E-state index >= 15 is 0 Å². The monoisotopic (exact) mass is 207 g/mol. The highest BCUT2D eigenvalue weighted by atomic mass is 32.1. The van der Waals surface area contributed by atoms with E-state index in [1.165, 1.54) is 0 Å². The molecule has 0 aliphatic carbocycles. The molecule has 0 radical (unpaired) electrons. The van der Waals surface area contributed by atoms with Gasteiger partial charge in [0.15, 0.2) is 0 Å². The second-order valence-corrected chi connectivity index (χ2v) is 3.15. The number of aromatic nitrogens is 3. The number of H-pyrrole nitrogens is 1. The molecule has 2 aromatic rings. The van der Waals surface area contributed by atoms with Crippen LogP contribution in [0.2, 0.25) is 0 Å². The number of nitrogens with one attached hydrogen (secondary N) is 1. The maximum atomic E-state index is 5.07. The maximum absolute atomic E-state index is 5.07. The van der Waals surface area contributed by atoms with Gasteiger partial charge in [-0.25, -0.2) is 9.90 Å². The van der Waals surface area contributed by atoms with Gasteiger partial charge < -0.3 is 4.74 Å². The highest BCUT2D eigenvalue weighted by molar-refractivity contribution is 7.71. The molecule has 0 bridgehead atoms. The number of ether oxygens (including phenoxy) is 1. The SMILES string of the molecule is COc1ccc(-n2[nH]ncc2=S)cc1. The van der Waals surface area contributed by atoms with Crippen molar-refractivity contribution in [2.24, 2.45) is 0 Å². The summed E-state index contributed by atoms with van der Waals surface area (Å²) >= 11 is 5.07. The van der Waals surface area contributed by atoms with Crippen molar-refractivity contribution in [3.05, 3.63) is 35.1 Å². The molecule has 0 fully saturated rings. The average Bonchev–Trinajstić information content (AvgIpc) is 2.65. The minimum Gasteiger partial charge on any atom is -0.497 e. The van der Waals surface area contributed by atoms with Crippen LogP contribution < -0.4 is 4.74 Å².